The van der Waals surface area contributed by atoms with Crippen molar-refractivity contribution in [2.45, 2.75) is 25.9 Å². The third kappa shape index (κ3) is 3.53. The molecule has 0 aliphatic carbocycles. The number of likely N-dealkylation sites (tertiary alicyclic amines) is 1. The van der Waals surface area contributed by atoms with Gasteiger partial charge in [-0.3, -0.25) is 4.79 Å². The molecule has 2 aliphatic rings. The fraction of sp³-hybridized carbons (Fsp3) is 0.667. The lowest BCUT2D eigenvalue weighted by Gasteiger charge is -2.37. The third-order valence-corrected chi connectivity index (χ3v) is 3.96. The Hall–Kier alpha value is -1.73. The standard InChI is InChI=1S/C15H22N4O3/c1-10-5-14(16-6-13-9-21-3-4-22-13)18-15(17-10)12-7-19(8-12)11(2)20/h5,12-13H,3-4,6-9H2,1-2H3,(H,16,17,18). The molecule has 1 unspecified atom stereocenters. The molecule has 0 spiro atoms. The minimum atomic E-state index is 0.0596. The molecular weight excluding hydrogens is 284 g/mol. The van der Waals surface area contributed by atoms with Crippen LogP contribution in [0.1, 0.15) is 24.4 Å². The second-order valence-electron chi connectivity index (χ2n) is 5.82. The number of ether oxygens (including phenoxy) is 2. The first kappa shape index (κ1) is 15.2. The SMILES string of the molecule is CC(=O)N1CC(c2nc(C)cc(NCC3COCCO3)n2)C1. The topological polar surface area (TPSA) is 76.6 Å². The van der Waals surface area contributed by atoms with Crippen LogP contribution in [0.3, 0.4) is 0 Å². The number of carbonyl (C=O) groups excluding carboxylic acids is 1. The van der Waals surface area contributed by atoms with Crippen molar-refractivity contribution >= 4 is 11.7 Å². The smallest absolute Gasteiger partial charge is 0.219 e. The van der Waals surface area contributed by atoms with E-state index in [-0.39, 0.29) is 17.9 Å². The van der Waals surface area contributed by atoms with Crippen molar-refractivity contribution in [3.8, 4) is 0 Å². The van der Waals surface area contributed by atoms with Crippen LogP contribution in [0.5, 0.6) is 0 Å². The predicted octanol–water partition coefficient (Wildman–Crippen LogP) is 0.558. The molecule has 7 nitrogen and oxygen atoms in total. The minimum Gasteiger partial charge on any atom is -0.376 e. The van der Waals surface area contributed by atoms with Crippen LogP contribution in [0.15, 0.2) is 6.07 Å². The predicted molar refractivity (Wildman–Crippen MR) is 80.8 cm³/mol. The largest absolute Gasteiger partial charge is 0.376 e. The Morgan fingerprint density at radius 3 is 2.91 bits per heavy atom. The van der Waals surface area contributed by atoms with Gasteiger partial charge in [0.05, 0.1) is 31.8 Å². The summed E-state index contributed by atoms with van der Waals surface area (Å²) in [4.78, 5) is 22.1. The van der Waals surface area contributed by atoms with Crippen LogP contribution in [0.2, 0.25) is 0 Å². The molecule has 22 heavy (non-hydrogen) atoms. The maximum Gasteiger partial charge on any atom is 0.219 e. The highest BCUT2D eigenvalue weighted by molar-refractivity contribution is 5.74. The molecule has 0 radical (unpaired) electrons. The summed E-state index contributed by atoms with van der Waals surface area (Å²) in [6.45, 7) is 7.55. The molecule has 7 heteroatoms. The summed E-state index contributed by atoms with van der Waals surface area (Å²) in [5.74, 6) is 1.95. The third-order valence-electron chi connectivity index (χ3n) is 3.96. The zero-order chi connectivity index (χ0) is 15.5. The maximum atomic E-state index is 11.3. The second kappa shape index (κ2) is 6.58. The number of aromatic nitrogens is 2. The molecule has 0 saturated carbocycles. The second-order valence-corrected chi connectivity index (χ2v) is 5.82. The highest BCUT2D eigenvalue weighted by atomic mass is 16.6. The number of anilines is 1. The Morgan fingerprint density at radius 1 is 1.41 bits per heavy atom. The molecule has 3 rings (SSSR count). The van der Waals surface area contributed by atoms with Crippen molar-refractivity contribution in [2.75, 3.05) is 44.8 Å². The summed E-state index contributed by atoms with van der Waals surface area (Å²) in [7, 11) is 0. The normalized spacial score (nSPS) is 22.3. The Bertz CT molecular complexity index is 540. The Morgan fingerprint density at radius 2 is 2.23 bits per heavy atom. The number of amides is 1. The van der Waals surface area contributed by atoms with Gasteiger partial charge in [0.2, 0.25) is 5.91 Å². The molecular formula is C15H22N4O3. The highest BCUT2D eigenvalue weighted by Crippen LogP contribution is 2.25. The fourth-order valence-electron chi connectivity index (χ4n) is 2.64. The van der Waals surface area contributed by atoms with Gasteiger partial charge in [0.1, 0.15) is 11.6 Å². The number of aryl methyl sites for hydroxylation is 1. The number of hydrogen-bond donors (Lipinski definition) is 1. The summed E-state index contributed by atoms with van der Waals surface area (Å²) in [6, 6.07) is 1.93. The van der Waals surface area contributed by atoms with E-state index in [2.05, 4.69) is 15.3 Å². The Balaban J connectivity index is 1.59. The van der Waals surface area contributed by atoms with E-state index in [1.54, 1.807) is 11.8 Å². The number of carbonyl (C=O) groups is 1. The number of hydrogen-bond acceptors (Lipinski definition) is 6. The summed E-state index contributed by atoms with van der Waals surface area (Å²) < 4.78 is 11.0. The van der Waals surface area contributed by atoms with E-state index in [4.69, 9.17) is 9.47 Å². The van der Waals surface area contributed by atoms with Crippen LogP contribution >= 0.6 is 0 Å². The molecule has 1 N–H and O–H groups in total. The van der Waals surface area contributed by atoms with Gasteiger partial charge in [-0.2, -0.15) is 0 Å². The summed E-state index contributed by atoms with van der Waals surface area (Å²) in [5, 5.41) is 3.30. The summed E-state index contributed by atoms with van der Waals surface area (Å²) in [5.41, 5.74) is 0.926. The van der Waals surface area contributed by atoms with Gasteiger partial charge in [0, 0.05) is 38.3 Å². The van der Waals surface area contributed by atoms with Gasteiger partial charge in [-0.05, 0) is 6.92 Å². The quantitative estimate of drug-likeness (QED) is 0.876. The van der Waals surface area contributed by atoms with Gasteiger partial charge in [-0.25, -0.2) is 9.97 Å². The average molecular weight is 306 g/mol. The van der Waals surface area contributed by atoms with E-state index in [0.717, 1.165) is 17.3 Å². The van der Waals surface area contributed by atoms with Crippen LogP contribution < -0.4 is 5.32 Å². The molecule has 1 aromatic heterocycles. The van der Waals surface area contributed by atoms with Gasteiger partial charge in [-0.15, -0.1) is 0 Å². The molecule has 3 heterocycles. The molecule has 0 aromatic carbocycles. The van der Waals surface area contributed by atoms with Gasteiger partial charge >= 0.3 is 0 Å². The van der Waals surface area contributed by atoms with Crippen LogP contribution in [0.25, 0.3) is 0 Å². The molecule has 2 aliphatic heterocycles. The first-order chi connectivity index (χ1) is 10.6. The fourth-order valence-corrected chi connectivity index (χ4v) is 2.64. The minimum absolute atomic E-state index is 0.0596. The lowest BCUT2D eigenvalue weighted by atomic mass is 9.99. The Kier molecular flexibility index (Phi) is 4.54. The van der Waals surface area contributed by atoms with E-state index >= 15 is 0 Å². The molecule has 1 amide bonds. The molecule has 1 atom stereocenters. The van der Waals surface area contributed by atoms with Crippen molar-refractivity contribution in [3.05, 3.63) is 17.6 Å². The van der Waals surface area contributed by atoms with Crippen LogP contribution in [-0.4, -0.2) is 66.3 Å². The van der Waals surface area contributed by atoms with Crippen molar-refractivity contribution < 1.29 is 14.3 Å². The van der Waals surface area contributed by atoms with E-state index in [1.807, 2.05) is 13.0 Å². The lowest BCUT2D eigenvalue weighted by molar-refractivity contribution is -0.133. The van der Waals surface area contributed by atoms with Crippen molar-refractivity contribution in [1.82, 2.24) is 14.9 Å². The van der Waals surface area contributed by atoms with Gasteiger partial charge in [0.25, 0.3) is 0 Å². The highest BCUT2D eigenvalue weighted by Gasteiger charge is 2.32. The van der Waals surface area contributed by atoms with Crippen LogP contribution in [-0.2, 0) is 14.3 Å². The Labute approximate surface area is 130 Å². The molecule has 1 aromatic rings. The first-order valence-electron chi connectivity index (χ1n) is 7.66. The van der Waals surface area contributed by atoms with Crippen molar-refractivity contribution in [1.29, 1.82) is 0 Å². The maximum absolute atomic E-state index is 11.3. The van der Waals surface area contributed by atoms with Gasteiger partial charge in [-0.1, -0.05) is 0 Å². The average Bonchev–Trinajstić information content (AvgIpc) is 2.44. The van der Waals surface area contributed by atoms with E-state index < -0.39 is 0 Å². The van der Waals surface area contributed by atoms with E-state index in [1.165, 1.54) is 0 Å². The number of nitrogens with zero attached hydrogens (tertiary/aromatic N) is 3. The molecule has 2 saturated heterocycles. The zero-order valence-corrected chi connectivity index (χ0v) is 13.0. The van der Waals surface area contributed by atoms with E-state index in [0.29, 0.717) is 39.5 Å². The summed E-state index contributed by atoms with van der Waals surface area (Å²) in [6.07, 6.45) is 0.0596. The van der Waals surface area contributed by atoms with Gasteiger partial charge < -0.3 is 19.7 Å². The van der Waals surface area contributed by atoms with E-state index in [9.17, 15) is 4.79 Å². The number of nitrogens with one attached hydrogen (secondary N) is 1. The summed E-state index contributed by atoms with van der Waals surface area (Å²) >= 11 is 0. The molecule has 0 bridgehead atoms. The lowest BCUT2D eigenvalue weighted by Crippen LogP contribution is -2.48. The van der Waals surface area contributed by atoms with Crippen LogP contribution in [0, 0.1) is 6.92 Å². The van der Waals surface area contributed by atoms with Crippen molar-refractivity contribution in [3.63, 3.8) is 0 Å². The van der Waals surface area contributed by atoms with Crippen LogP contribution in [0.4, 0.5) is 5.82 Å². The van der Waals surface area contributed by atoms with Gasteiger partial charge in [0.15, 0.2) is 0 Å². The number of rotatable bonds is 4. The zero-order valence-electron chi connectivity index (χ0n) is 13.0. The monoisotopic (exact) mass is 306 g/mol. The first-order valence-corrected chi connectivity index (χ1v) is 7.66. The molecule has 120 valence electrons. The van der Waals surface area contributed by atoms with Crippen molar-refractivity contribution in [2.24, 2.45) is 0 Å². The molecule has 2 fully saturated rings.